The summed E-state index contributed by atoms with van der Waals surface area (Å²) >= 11 is 6.34. The number of carbonyl (C=O) groups is 1. The van der Waals surface area contributed by atoms with Crippen molar-refractivity contribution in [1.29, 1.82) is 0 Å². The summed E-state index contributed by atoms with van der Waals surface area (Å²) < 4.78 is 13.5. The topological polar surface area (TPSA) is 94.2 Å². The highest BCUT2D eigenvalue weighted by molar-refractivity contribution is 6.32. The normalized spacial score (nSPS) is 19.6. The number of halogens is 2. The predicted octanol–water partition coefficient (Wildman–Crippen LogP) is 2.93. The lowest BCUT2D eigenvalue weighted by atomic mass is 10.0. The molecule has 8 nitrogen and oxygen atoms in total. The van der Waals surface area contributed by atoms with E-state index in [1.54, 1.807) is 12.3 Å². The van der Waals surface area contributed by atoms with Gasteiger partial charge in [0.15, 0.2) is 5.15 Å². The fraction of sp³-hybridized carbons (Fsp3) is 0.417. The minimum absolute atomic E-state index is 0.0612. The number of amides is 1. The highest BCUT2D eigenvalue weighted by atomic mass is 35.5. The molecule has 2 aliphatic rings. The number of nitrogens with one attached hydrogen (secondary N) is 2. The van der Waals surface area contributed by atoms with Crippen LogP contribution in [0.2, 0.25) is 5.15 Å². The summed E-state index contributed by atoms with van der Waals surface area (Å²) in [5.41, 5.74) is 1.43. The molecular formula is C24H26ClFN6O2. The number of aromatic amines is 1. The molecule has 1 atom stereocenters. The van der Waals surface area contributed by atoms with Crippen LogP contribution >= 0.6 is 11.6 Å². The van der Waals surface area contributed by atoms with Crippen molar-refractivity contribution in [2.24, 2.45) is 0 Å². The maximum Gasteiger partial charge on any atom is 0.288 e. The maximum absolute atomic E-state index is 13.5. The van der Waals surface area contributed by atoms with Gasteiger partial charge in [0.05, 0.1) is 11.9 Å². The fourth-order valence-electron chi connectivity index (χ4n) is 5.11. The van der Waals surface area contributed by atoms with E-state index in [1.165, 1.54) is 19.2 Å². The average molecular weight is 485 g/mol. The third kappa shape index (κ3) is 4.37. The highest BCUT2D eigenvalue weighted by Gasteiger charge is 2.32. The summed E-state index contributed by atoms with van der Waals surface area (Å²) in [7, 11) is 1.53. The van der Waals surface area contributed by atoms with E-state index in [2.05, 4.69) is 30.1 Å². The van der Waals surface area contributed by atoms with Crippen molar-refractivity contribution >= 4 is 34.0 Å². The molecule has 10 heteroatoms. The van der Waals surface area contributed by atoms with Gasteiger partial charge in [-0.05, 0) is 49.4 Å². The zero-order valence-corrected chi connectivity index (χ0v) is 19.6. The number of aromatic nitrogens is 3. The molecule has 3 aromatic rings. The lowest BCUT2D eigenvalue weighted by Crippen LogP contribution is -2.44. The van der Waals surface area contributed by atoms with Gasteiger partial charge in [-0.1, -0.05) is 17.7 Å². The molecule has 0 spiro atoms. The number of rotatable bonds is 4. The van der Waals surface area contributed by atoms with Gasteiger partial charge in [0.2, 0.25) is 5.82 Å². The van der Waals surface area contributed by atoms with E-state index in [0.717, 1.165) is 62.2 Å². The van der Waals surface area contributed by atoms with E-state index in [4.69, 9.17) is 11.6 Å². The van der Waals surface area contributed by atoms with Crippen LogP contribution in [-0.2, 0) is 0 Å². The number of H-pyrrole nitrogens is 1. The van der Waals surface area contributed by atoms with Gasteiger partial charge in [-0.15, -0.1) is 0 Å². The molecule has 178 valence electrons. The monoisotopic (exact) mass is 484 g/mol. The van der Waals surface area contributed by atoms with Crippen LogP contribution in [0.3, 0.4) is 0 Å². The van der Waals surface area contributed by atoms with Crippen molar-refractivity contribution in [2.45, 2.75) is 31.2 Å². The number of piperidine rings is 1. The minimum Gasteiger partial charge on any atom is -0.368 e. The van der Waals surface area contributed by atoms with E-state index in [1.807, 2.05) is 6.07 Å². The van der Waals surface area contributed by atoms with Gasteiger partial charge in [0, 0.05) is 49.7 Å². The molecule has 34 heavy (non-hydrogen) atoms. The number of hydrogen-bond acceptors (Lipinski definition) is 6. The van der Waals surface area contributed by atoms with Crippen LogP contribution in [-0.4, -0.2) is 65.0 Å². The van der Waals surface area contributed by atoms with Crippen molar-refractivity contribution in [3.63, 3.8) is 0 Å². The molecule has 1 amide bonds. The molecule has 4 heterocycles. The zero-order valence-electron chi connectivity index (χ0n) is 18.9. The lowest BCUT2D eigenvalue weighted by Gasteiger charge is -2.37. The summed E-state index contributed by atoms with van der Waals surface area (Å²) in [6, 6.07) is 6.78. The molecule has 0 radical (unpaired) electrons. The first-order chi connectivity index (χ1) is 16.4. The number of pyridine rings is 1. The first-order valence-corrected chi connectivity index (χ1v) is 11.9. The van der Waals surface area contributed by atoms with Crippen molar-refractivity contribution in [2.75, 3.05) is 38.1 Å². The van der Waals surface area contributed by atoms with Gasteiger partial charge >= 0.3 is 0 Å². The molecule has 0 saturated carbocycles. The molecule has 1 unspecified atom stereocenters. The molecule has 2 fully saturated rings. The van der Waals surface area contributed by atoms with Gasteiger partial charge < -0.3 is 15.2 Å². The van der Waals surface area contributed by atoms with Crippen molar-refractivity contribution in [1.82, 2.24) is 25.2 Å². The Morgan fingerprint density at radius 3 is 2.74 bits per heavy atom. The first-order valence-electron chi connectivity index (χ1n) is 11.5. The average Bonchev–Trinajstić information content (AvgIpc) is 3.34. The lowest BCUT2D eigenvalue weighted by molar-refractivity contribution is 0.0952. The molecular weight excluding hydrogens is 459 g/mol. The molecule has 5 rings (SSSR count). The van der Waals surface area contributed by atoms with Crippen molar-refractivity contribution < 1.29 is 9.18 Å². The summed E-state index contributed by atoms with van der Waals surface area (Å²) in [6.45, 7) is 3.51. The minimum atomic E-state index is -0.403. The quantitative estimate of drug-likeness (QED) is 0.553. The van der Waals surface area contributed by atoms with Crippen molar-refractivity contribution in [3.05, 3.63) is 63.3 Å². The fourth-order valence-corrected chi connectivity index (χ4v) is 5.35. The smallest absolute Gasteiger partial charge is 0.288 e. The second-order valence-electron chi connectivity index (χ2n) is 8.93. The van der Waals surface area contributed by atoms with E-state index in [0.29, 0.717) is 11.4 Å². The van der Waals surface area contributed by atoms with Gasteiger partial charge in [-0.2, -0.15) is 0 Å². The number of hydrogen-bond donors (Lipinski definition) is 2. The van der Waals surface area contributed by atoms with E-state index in [9.17, 15) is 14.0 Å². The van der Waals surface area contributed by atoms with Crippen LogP contribution in [0.4, 0.5) is 10.1 Å². The van der Waals surface area contributed by atoms with Crippen LogP contribution in [0.25, 0.3) is 10.8 Å². The molecule has 1 aromatic carbocycles. The number of likely N-dealkylation sites (tertiary alicyclic amines) is 1. The van der Waals surface area contributed by atoms with Crippen LogP contribution in [0.1, 0.15) is 41.5 Å². The summed E-state index contributed by atoms with van der Waals surface area (Å²) in [4.78, 5) is 40.1. The number of nitrogens with zero attached hydrogens (tertiary/aromatic N) is 4. The third-order valence-electron chi connectivity index (χ3n) is 6.96. The number of benzene rings is 1. The van der Waals surface area contributed by atoms with E-state index < -0.39 is 5.82 Å². The summed E-state index contributed by atoms with van der Waals surface area (Å²) in [6.07, 6.45) is 4.55. The third-order valence-corrected chi connectivity index (χ3v) is 7.24. The molecule has 2 aromatic heterocycles. The maximum atomic E-state index is 13.5. The van der Waals surface area contributed by atoms with Gasteiger partial charge in [-0.25, -0.2) is 14.4 Å². The van der Waals surface area contributed by atoms with E-state index >= 15 is 0 Å². The van der Waals surface area contributed by atoms with Gasteiger partial charge in [0.1, 0.15) is 5.82 Å². The van der Waals surface area contributed by atoms with Gasteiger partial charge in [-0.3, -0.25) is 14.5 Å². The molecule has 2 saturated heterocycles. The zero-order chi connectivity index (χ0) is 23.8. The van der Waals surface area contributed by atoms with Gasteiger partial charge in [0.25, 0.3) is 11.5 Å². The summed E-state index contributed by atoms with van der Waals surface area (Å²) in [5.74, 6) is -0.457. The Labute approximate surface area is 201 Å². The Morgan fingerprint density at radius 1 is 1.21 bits per heavy atom. The number of fused-ring (bicyclic) bond motifs is 1. The molecule has 0 bridgehead atoms. The molecule has 0 aliphatic carbocycles. The predicted molar refractivity (Wildman–Crippen MR) is 129 cm³/mol. The Bertz CT molecular complexity index is 1290. The second-order valence-corrected chi connectivity index (χ2v) is 9.29. The Hall–Kier alpha value is -3.04. The first kappa shape index (κ1) is 22.7. The second kappa shape index (κ2) is 9.31. The van der Waals surface area contributed by atoms with Crippen LogP contribution in [0, 0.1) is 5.82 Å². The van der Waals surface area contributed by atoms with Crippen LogP contribution in [0.15, 0.2) is 35.3 Å². The molecule has 2 N–H and O–H groups in total. The highest BCUT2D eigenvalue weighted by Crippen LogP contribution is 2.32. The van der Waals surface area contributed by atoms with Crippen LogP contribution in [0.5, 0.6) is 0 Å². The Morgan fingerprint density at radius 2 is 2.00 bits per heavy atom. The van der Waals surface area contributed by atoms with Crippen molar-refractivity contribution in [3.8, 4) is 0 Å². The number of carbonyl (C=O) groups excluding carboxylic acids is 1. The Kier molecular flexibility index (Phi) is 6.22. The largest absolute Gasteiger partial charge is 0.368 e. The number of anilines is 1. The van der Waals surface area contributed by atoms with Crippen LogP contribution < -0.4 is 15.8 Å². The summed E-state index contributed by atoms with van der Waals surface area (Å²) in [5, 5.41) is 3.94. The van der Waals surface area contributed by atoms with E-state index in [-0.39, 0.29) is 28.4 Å². The molecule has 2 aliphatic heterocycles. The SMILES string of the molecule is CNC(=O)c1ncc(N2CCC(N3CCC(c4cc5ccc(F)cc5c(=O)[nH]4)C3)CC2)c(Cl)n1. The standard InChI is InChI=1S/C24H26ClFN6O2/c1-27-24(34)22-28-12-20(21(25)30-22)31-8-5-17(6-9-31)32-7-4-15(13-32)19-10-14-2-3-16(26)11-18(14)23(33)29-19/h2-3,10-12,15,17H,4-9,13H2,1H3,(H,27,34)(H,29,33). The Balaban J connectivity index is 1.22.